The van der Waals surface area contributed by atoms with Gasteiger partial charge in [0.2, 0.25) is 0 Å². The number of likely N-dealkylation sites (N-methyl/N-ethyl adjacent to an activating group) is 1. The van der Waals surface area contributed by atoms with Gasteiger partial charge in [-0.05, 0) is 14.0 Å². The molecule has 1 fully saturated rings. The Labute approximate surface area is 113 Å². The Hall–Kier alpha value is -0.910. The lowest BCUT2D eigenvalue weighted by atomic mass is 10.3. The van der Waals surface area contributed by atoms with E-state index in [2.05, 4.69) is 32.4 Å². The molecule has 0 unspecified atom stereocenters. The third kappa shape index (κ3) is 3.10. The monoisotopic (exact) mass is 269 g/mol. The molecule has 2 rings (SSSR count). The Morgan fingerprint density at radius 2 is 1.89 bits per heavy atom. The van der Waals surface area contributed by atoms with Crippen molar-refractivity contribution in [2.45, 2.75) is 20.3 Å². The number of nitrogens with one attached hydrogen (secondary N) is 1. The maximum atomic E-state index is 6.12. The molecule has 1 aliphatic rings. The fraction of sp³-hybridized carbons (Fsp3) is 0.667. The van der Waals surface area contributed by atoms with Crippen molar-refractivity contribution in [1.82, 2.24) is 19.9 Å². The maximum Gasteiger partial charge on any atom is 0.148 e. The van der Waals surface area contributed by atoms with Crippen LogP contribution < -0.4 is 5.43 Å². The molecule has 1 aliphatic heterocycles. The van der Waals surface area contributed by atoms with E-state index in [0.29, 0.717) is 5.15 Å². The summed E-state index contributed by atoms with van der Waals surface area (Å²) in [6.45, 7) is 8.07. The molecule has 0 saturated carbocycles. The molecule has 1 saturated heterocycles. The minimum absolute atomic E-state index is 0.540. The third-order valence-corrected chi connectivity index (χ3v) is 3.58. The van der Waals surface area contributed by atoms with E-state index in [1.807, 2.05) is 13.8 Å². The number of aromatic nitrogens is 2. The van der Waals surface area contributed by atoms with E-state index in [1.54, 1.807) is 0 Å². The number of nitrogens with zero attached hydrogens (tertiary/aromatic N) is 4. The van der Waals surface area contributed by atoms with Crippen molar-refractivity contribution in [3.63, 3.8) is 0 Å². The largest absolute Gasteiger partial charge is 0.304 e. The summed E-state index contributed by atoms with van der Waals surface area (Å²) in [5.74, 6) is 1.61. The van der Waals surface area contributed by atoms with Gasteiger partial charge in [-0.25, -0.2) is 15.0 Å². The van der Waals surface area contributed by atoms with Crippen molar-refractivity contribution < 1.29 is 0 Å². The lowest BCUT2D eigenvalue weighted by Gasteiger charge is -2.33. The fourth-order valence-electron chi connectivity index (χ4n) is 1.87. The highest BCUT2D eigenvalue weighted by Gasteiger charge is 2.16. The van der Waals surface area contributed by atoms with Gasteiger partial charge in [0, 0.05) is 38.2 Å². The van der Waals surface area contributed by atoms with E-state index in [9.17, 15) is 0 Å². The van der Waals surface area contributed by atoms with Crippen LogP contribution in [0.1, 0.15) is 18.3 Å². The molecule has 5 nitrogen and oxygen atoms in total. The molecule has 0 spiro atoms. The Kier molecular flexibility index (Phi) is 4.37. The van der Waals surface area contributed by atoms with Crippen LogP contribution in [0, 0.1) is 6.92 Å². The molecular formula is C12H20ClN5. The van der Waals surface area contributed by atoms with Crippen LogP contribution in [0.25, 0.3) is 0 Å². The summed E-state index contributed by atoms with van der Waals surface area (Å²) in [5.41, 5.74) is 4.27. The fourth-order valence-corrected chi connectivity index (χ4v) is 2.05. The van der Waals surface area contributed by atoms with E-state index in [-0.39, 0.29) is 0 Å². The number of anilines is 1. The first-order chi connectivity index (χ1) is 8.60. The number of hydrogen-bond acceptors (Lipinski definition) is 5. The molecule has 0 aliphatic carbocycles. The molecule has 0 aromatic carbocycles. The average Bonchev–Trinajstić information content (AvgIpc) is 2.37. The smallest absolute Gasteiger partial charge is 0.148 e. The van der Waals surface area contributed by atoms with Crippen molar-refractivity contribution in [1.29, 1.82) is 0 Å². The van der Waals surface area contributed by atoms with Crippen molar-refractivity contribution >= 4 is 17.4 Å². The zero-order valence-electron chi connectivity index (χ0n) is 11.2. The highest BCUT2D eigenvalue weighted by molar-refractivity contribution is 6.30. The van der Waals surface area contributed by atoms with Crippen molar-refractivity contribution in [2.24, 2.45) is 0 Å². The number of rotatable bonds is 3. The van der Waals surface area contributed by atoms with E-state index >= 15 is 0 Å². The molecule has 0 bridgehead atoms. The normalized spacial score (nSPS) is 18.0. The molecule has 6 heteroatoms. The van der Waals surface area contributed by atoms with Crippen LogP contribution in [0.3, 0.4) is 0 Å². The highest BCUT2D eigenvalue weighted by Crippen LogP contribution is 2.20. The molecule has 18 heavy (non-hydrogen) atoms. The van der Waals surface area contributed by atoms with Gasteiger partial charge in [-0.3, -0.25) is 0 Å². The molecule has 0 amide bonds. The van der Waals surface area contributed by atoms with Gasteiger partial charge in [0.05, 0.1) is 0 Å². The predicted molar refractivity (Wildman–Crippen MR) is 73.8 cm³/mol. The van der Waals surface area contributed by atoms with Crippen LogP contribution in [0.5, 0.6) is 0 Å². The second kappa shape index (κ2) is 5.82. The molecule has 0 atom stereocenters. The topological polar surface area (TPSA) is 44.3 Å². The summed E-state index contributed by atoms with van der Waals surface area (Å²) in [4.78, 5) is 11.1. The summed E-state index contributed by atoms with van der Waals surface area (Å²) >= 11 is 6.12. The molecule has 100 valence electrons. The molecule has 1 N–H and O–H groups in total. The zero-order chi connectivity index (χ0) is 13.1. The summed E-state index contributed by atoms with van der Waals surface area (Å²) in [5, 5.41) is 2.73. The van der Waals surface area contributed by atoms with Crippen molar-refractivity contribution in [2.75, 3.05) is 38.7 Å². The lowest BCUT2D eigenvalue weighted by Crippen LogP contribution is -2.47. The summed E-state index contributed by atoms with van der Waals surface area (Å²) in [6, 6.07) is 0. The zero-order valence-corrected chi connectivity index (χ0v) is 12.0. The van der Waals surface area contributed by atoms with Gasteiger partial charge in [-0.2, -0.15) is 0 Å². The van der Waals surface area contributed by atoms with Gasteiger partial charge >= 0.3 is 0 Å². The van der Waals surface area contributed by atoms with Gasteiger partial charge in [0.25, 0.3) is 0 Å². The third-order valence-electron chi connectivity index (χ3n) is 3.22. The van der Waals surface area contributed by atoms with Crippen LogP contribution in [0.4, 0.5) is 5.82 Å². The number of piperazine rings is 1. The first-order valence-corrected chi connectivity index (χ1v) is 6.71. The minimum atomic E-state index is 0.540. The molecule has 2 heterocycles. The van der Waals surface area contributed by atoms with Crippen LogP contribution in [-0.4, -0.2) is 53.1 Å². The van der Waals surface area contributed by atoms with E-state index < -0.39 is 0 Å². The van der Waals surface area contributed by atoms with E-state index in [4.69, 9.17) is 11.6 Å². The molecular weight excluding hydrogens is 250 g/mol. The minimum Gasteiger partial charge on any atom is -0.304 e. The van der Waals surface area contributed by atoms with Gasteiger partial charge in [0.1, 0.15) is 16.8 Å². The molecule has 0 radical (unpaired) electrons. The van der Waals surface area contributed by atoms with Crippen LogP contribution in [0.2, 0.25) is 5.15 Å². The van der Waals surface area contributed by atoms with Gasteiger partial charge in [-0.1, -0.05) is 18.5 Å². The first-order valence-electron chi connectivity index (χ1n) is 6.33. The lowest BCUT2D eigenvalue weighted by molar-refractivity contribution is 0.178. The number of hydrazine groups is 1. The Bertz CT molecular complexity index is 415. The van der Waals surface area contributed by atoms with Gasteiger partial charge < -0.3 is 10.3 Å². The number of halogens is 1. The van der Waals surface area contributed by atoms with Crippen LogP contribution in [0.15, 0.2) is 0 Å². The van der Waals surface area contributed by atoms with Crippen molar-refractivity contribution in [3.05, 3.63) is 16.5 Å². The standard InChI is InChI=1S/C12H20ClN5/c1-4-10-14-11(13)9(2)12(15-10)16-18-7-5-17(3)6-8-18/h4-8H2,1-3H3,(H,14,15,16). The van der Waals surface area contributed by atoms with Gasteiger partial charge in [0.15, 0.2) is 0 Å². The second-order valence-corrected chi connectivity index (χ2v) is 5.02. The van der Waals surface area contributed by atoms with Gasteiger partial charge in [-0.15, -0.1) is 0 Å². The first kappa shape index (κ1) is 13.5. The number of aryl methyl sites for hydroxylation is 1. The molecule has 1 aromatic rings. The predicted octanol–water partition coefficient (Wildman–Crippen LogP) is 1.58. The van der Waals surface area contributed by atoms with Crippen LogP contribution in [-0.2, 0) is 6.42 Å². The van der Waals surface area contributed by atoms with E-state index in [1.165, 1.54) is 0 Å². The average molecular weight is 270 g/mol. The quantitative estimate of drug-likeness (QED) is 0.844. The van der Waals surface area contributed by atoms with Crippen LogP contribution >= 0.6 is 11.6 Å². The Morgan fingerprint density at radius 1 is 1.22 bits per heavy atom. The Balaban J connectivity index is 2.10. The van der Waals surface area contributed by atoms with Crippen molar-refractivity contribution in [3.8, 4) is 0 Å². The summed E-state index contributed by atoms with van der Waals surface area (Å²) in [7, 11) is 2.14. The summed E-state index contributed by atoms with van der Waals surface area (Å²) < 4.78 is 0. The SMILES string of the molecule is CCc1nc(Cl)c(C)c(NN2CCN(C)CC2)n1. The highest BCUT2D eigenvalue weighted by atomic mass is 35.5. The summed E-state index contributed by atoms with van der Waals surface area (Å²) in [6.07, 6.45) is 0.789. The van der Waals surface area contributed by atoms with E-state index in [0.717, 1.165) is 49.8 Å². The maximum absolute atomic E-state index is 6.12. The number of hydrogen-bond donors (Lipinski definition) is 1. The Morgan fingerprint density at radius 3 is 2.50 bits per heavy atom. The second-order valence-electron chi connectivity index (χ2n) is 4.66. The molecule has 1 aromatic heterocycles.